The summed E-state index contributed by atoms with van der Waals surface area (Å²) in [6, 6.07) is 4.58. The molecular weight excluding hydrogens is 243 g/mol. The van der Waals surface area contributed by atoms with E-state index in [-0.39, 0.29) is 11.4 Å². The van der Waals surface area contributed by atoms with E-state index in [2.05, 4.69) is 36.3 Å². The SMILES string of the molecule is Cc1cc(F)ccc1-n1ncc(CNC(C)(C)C)n1. The van der Waals surface area contributed by atoms with Gasteiger partial charge in [0.2, 0.25) is 0 Å². The summed E-state index contributed by atoms with van der Waals surface area (Å²) in [5.74, 6) is -0.247. The molecule has 0 aliphatic carbocycles. The number of nitrogens with zero attached hydrogens (tertiary/aromatic N) is 3. The van der Waals surface area contributed by atoms with Gasteiger partial charge in [0.1, 0.15) is 5.82 Å². The lowest BCUT2D eigenvalue weighted by molar-refractivity contribution is 0.420. The van der Waals surface area contributed by atoms with Gasteiger partial charge in [0.15, 0.2) is 0 Å². The maximum atomic E-state index is 13.1. The number of hydrogen-bond acceptors (Lipinski definition) is 3. The normalized spacial score (nSPS) is 11.8. The standard InChI is InChI=1S/C14H19FN4/c1-10-7-11(15)5-6-13(10)19-17-9-12(18-19)8-16-14(2,3)4/h5-7,9,16H,8H2,1-4H3. The minimum absolute atomic E-state index is 0.0373. The average Bonchev–Trinajstić information content (AvgIpc) is 2.74. The highest BCUT2D eigenvalue weighted by molar-refractivity contribution is 5.38. The molecule has 0 saturated heterocycles. The average molecular weight is 262 g/mol. The molecule has 0 atom stereocenters. The summed E-state index contributed by atoms with van der Waals surface area (Å²) < 4.78 is 13.1. The Bertz CT molecular complexity index is 569. The predicted molar refractivity (Wildman–Crippen MR) is 72.6 cm³/mol. The number of nitrogens with one attached hydrogen (secondary N) is 1. The van der Waals surface area contributed by atoms with Crippen molar-refractivity contribution in [1.82, 2.24) is 20.3 Å². The van der Waals surface area contributed by atoms with Crippen LogP contribution in [0.2, 0.25) is 0 Å². The van der Waals surface area contributed by atoms with Gasteiger partial charge in [-0.1, -0.05) is 0 Å². The van der Waals surface area contributed by atoms with Crippen LogP contribution in [0.25, 0.3) is 5.69 Å². The third-order valence-electron chi connectivity index (χ3n) is 2.71. The van der Waals surface area contributed by atoms with Crippen LogP contribution >= 0.6 is 0 Å². The van der Waals surface area contributed by atoms with Crippen molar-refractivity contribution < 1.29 is 4.39 Å². The molecule has 0 bridgehead atoms. The highest BCUT2D eigenvalue weighted by Crippen LogP contribution is 2.13. The molecule has 4 nitrogen and oxygen atoms in total. The van der Waals surface area contributed by atoms with Gasteiger partial charge in [0.05, 0.1) is 17.6 Å². The van der Waals surface area contributed by atoms with Crippen LogP contribution in [0.4, 0.5) is 4.39 Å². The minimum atomic E-state index is -0.247. The molecule has 19 heavy (non-hydrogen) atoms. The maximum absolute atomic E-state index is 13.1. The van der Waals surface area contributed by atoms with E-state index in [0.717, 1.165) is 16.9 Å². The number of benzene rings is 1. The van der Waals surface area contributed by atoms with E-state index < -0.39 is 0 Å². The fourth-order valence-corrected chi connectivity index (χ4v) is 1.69. The summed E-state index contributed by atoms with van der Waals surface area (Å²) in [6.45, 7) is 8.79. The molecule has 0 saturated carbocycles. The topological polar surface area (TPSA) is 42.7 Å². The van der Waals surface area contributed by atoms with E-state index in [9.17, 15) is 4.39 Å². The van der Waals surface area contributed by atoms with E-state index in [0.29, 0.717) is 6.54 Å². The summed E-state index contributed by atoms with van der Waals surface area (Å²) in [7, 11) is 0. The summed E-state index contributed by atoms with van der Waals surface area (Å²) >= 11 is 0. The monoisotopic (exact) mass is 262 g/mol. The molecule has 1 N–H and O–H groups in total. The largest absolute Gasteiger partial charge is 0.306 e. The molecule has 0 aliphatic rings. The first-order valence-corrected chi connectivity index (χ1v) is 6.28. The van der Waals surface area contributed by atoms with E-state index in [1.165, 1.54) is 16.9 Å². The lowest BCUT2D eigenvalue weighted by Gasteiger charge is -2.19. The van der Waals surface area contributed by atoms with Crippen LogP contribution in [-0.2, 0) is 6.54 Å². The third kappa shape index (κ3) is 3.61. The molecule has 1 heterocycles. The van der Waals surface area contributed by atoms with Crippen LogP contribution in [0, 0.1) is 12.7 Å². The van der Waals surface area contributed by atoms with E-state index >= 15 is 0 Å². The second-order valence-corrected chi connectivity index (χ2v) is 5.66. The van der Waals surface area contributed by atoms with Gasteiger partial charge in [-0.15, -0.1) is 0 Å². The Labute approximate surface area is 112 Å². The molecule has 1 aromatic heterocycles. The van der Waals surface area contributed by atoms with Crippen molar-refractivity contribution in [3.05, 3.63) is 41.5 Å². The third-order valence-corrected chi connectivity index (χ3v) is 2.71. The fraction of sp³-hybridized carbons (Fsp3) is 0.429. The minimum Gasteiger partial charge on any atom is -0.306 e. The fourth-order valence-electron chi connectivity index (χ4n) is 1.69. The smallest absolute Gasteiger partial charge is 0.123 e. The summed E-state index contributed by atoms with van der Waals surface area (Å²) in [4.78, 5) is 1.54. The molecule has 0 unspecified atom stereocenters. The number of aryl methyl sites for hydroxylation is 1. The van der Waals surface area contributed by atoms with Crippen LogP contribution in [0.3, 0.4) is 0 Å². The molecule has 0 radical (unpaired) electrons. The van der Waals surface area contributed by atoms with Crippen molar-refractivity contribution in [3.8, 4) is 5.69 Å². The van der Waals surface area contributed by atoms with Gasteiger partial charge in [-0.3, -0.25) is 0 Å². The van der Waals surface area contributed by atoms with Crippen molar-refractivity contribution >= 4 is 0 Å². The van der Waals surface area contributed by atoms with Crippen LogP contribution in [0.5, 0.6) is 0 Å². The molecule has 102 valence electrons. The van der Waals surface area contributed by atoms with Crippen LogP contribution < -0.4 is 5.32 Å². The lowest BCUT2D eigenvalue weighted by Crippen LogP contribution is -2.35. The van der Waals surface area contributed by atoms with Gasteiger partial charge in [0.25, 0.3) is 0 Å². The number of hydrogen-bond donors (Lipinski definition) is 1. The molecule has 1 aromatic carbocycles. The van der Waals surface area contributed by atoms with E-state index in [1.807, 2.05) is 6.92 Å². The summed E-state index contributed by atoms with van der Waals surface area (Å²) in [5.41, 5.74) is 2.50. The van der Waals surface area contributed by atoms with E-state index in [4.69, 9.17) is 0 Å². The zero-order valence-corrected chi connectivity index (χ0v) is 11.7. The van der Waals surface area contributed by atoms with Gasteiger partial charge < -0.3 is 5.32 Å². The first-order valence-electron chi connectivity index (χ1n) is 6.28. The molecule has 0 aliphatic heterocycles. The quantitative estimate of drug-likeness (QED) is 0.924. The summed E-state index contributed by atoms with van der Waals surface area (Å²) in [6.07, 6.45) is 1.72. The van der Waals surface area contributed by atoms with Crippen molar-refractivity contribution in [2.24, 2.45) is 0 Å². The Balaban J connectivity index is 2.16. The van der Waals surface area contributed by atoms with Crippen LogP contribution in [0.1, 0.15) is 32.0 Å². The van der Waals surface area contributed by atoms with Crippen LogP contribution in [0.15, 0.2) is 24.4 Å². The second kappa shape index (κ2) is 5.09. The van der Waals surface area contributed by atoms with Crippen molar-refractivity contribution in [1.29, 1.82) is 0 Å². The molecule has 2 aromatic rings. The number of halogens is 1. The van der Waals surface area contributed by atoms with Crippen molar-refractivity contribution in [2.75, 3.05) is 0 Å². The van der Waals surface area contributed by atoms with Gasteiger partial charge in [-0.2, -0.15) is 15.0 Å². The van der Waals surface area contributed by atoms with Gasteiger partial charge in [-0.25, -0.2) is 4.39 Å². The highest BCUT2D eigenvalue weighted by atomic mass is 19.1. The zero-order valence-electron chi connectivity index (χ0n) is 11.7. The Kier molecular flexibility index (Phi) is 3.66. The highest BCUT2D eigenvalue weighted by Gasteiger charge is 2.11. The maximum Gasteiger partial charge on any atom is 0.123 e. The molecule has 2 rings (SSSR count). The van der Waals surface area contributed by atoms with Crippen LogP contribution in [-0.4, -0.2) is 20.5 Å². The second-order valence-electron chi connectivity index (χ2n) is 5.66. The molecule has 0 spiro atoms. The Morgan fingerprint density at radius 2 is 2.05 bits per heavy atom. The predicted octanol–water partition coefficient (Wildman–Crippen LogP) is 2.60. The number of aromatic nitrogens is 3. The first-order chi connectivity index (χ1) is 8.85. The van der Waals surface area contributed by atoms with Crippen molar-refractivity contribution in [2.45, 2.75) is 39.8 Å². The molecule has 5 heteroatoms. The molecule has 0 fully saturated rings. The Hall–Kier alpha value is -1.75. The molecular formula is C14H19FN4. The Morgan fingerprint density at radius 1 is 1.32 bits per heavy atom. The lowest BCUT2D eigenvalue weighted by atomic mass is 10.1. The Morgan fingerprint density at radius 3 is 2.68 bits per heavy atom. The summed E-state index contributed by atoms with van der Waals surface area (Å²) in [5, 5.41) is 12.0. The first kappa shape index (κ1) is 13.7. The van der Waals surface area contributed by atoms with Crippen molar-refractivity contribution in [3.63, 3.8) is 0 Å². The molecule has 0 amide bonds. The van der Waals surface area contributed by atoms with Gasteiger partial charge in [-0.05, 0) is 51.5 Å². The van der Waals surface area contributed by atoms with Gasteiger partial charge >= 0.3 is 0 Å². The van der Waals surface area contributed by atoms with Gasteiger partial charge in [0, 0.05) is 12.1 Å². The number of rotatable bonds is 3. The zero-order chi connectivity index (χ0) is 14.0. The van der Waals surface area contributed by atoms with E-state index in [1.54, 1.807) is 12.3 Å².